The summed E-state index contributed by atoms with van der Waals surface area (Å²) in [5.41, 5.74) is 0.361. The van der Waals surface area contributed by atoms with Gasteiger partial charge in [-0.1, -0.05) is 19.4 Å². The van der Waals surface area contributed by atoms with Crippen LogP contribution in [0, 0.1) is 5.92 Å². The zero-order valence-corrected chi connectivity index (χ0v) is 19.5. The summed E-state index contributed by atoms with van der Waals surface area (Å²) in [6.07, 6.45) is 0.117. The van der Waals surface area contributed by atoms with Gasteiger partial charge in [-0.05, 0) is 37.0 Å². The van der Waals surface area contributed by atoms with Crippen LogP contribution in [0.2, 0.25) is 0 Å². The number of imidazole rings is 1. The number of H-pyrrole nitrogens is 1. The van der Waals surface area contributed by atoms with Crippen molar-refractivity contribution in [3.8, 4) is 11.5 Å². The van der Waals surface area contributed by atoms with Crippen LogP contribution in [0.4, 0.5) is 30.5 Å². The maximum absolute atomic E-state index is 13.3. The predicted molar refractivity (Wildman–Crippen MR) is 127 cm³/mol. The first-order valence-corrected chi connectivity index (χ1v) is 11.5. The summed E-state index contributed by atoms with van der Waals surface area (Å²) in [4.78, 5) is 36.2. The van der Waals surface area contributed by atoms with E-state index in [1.54, 1.807) is 12.1 Å². The molecule has 2 atom stereocenters. The third kappa shape index (κ3) is 4.97. The zero-order valence-electron chi connectivity index (χ0n) is 19.5. The Morgan fingerprint density at radius 3 is 2.75 bits per heavy atom. The number of carbonyl (C=O) groups is 1. The molecule has 0 aromatic carbocycles. The largest absolute Gasteiger partial charge is 0.433 e. The predicted octanol–water partition coefficient (Wildman–Crippen LogP) is 5.43. The van der Waals surface area contributed by atoms with E-state index in [2.05, 4.69) is 42.5 Å². The molecule has 4 aromatic heterocycles. The quantitative estimate of drug-likeness (QED) is 0.312. The Kier molecular flexibility index (Phi) is 6.02. The molecule has 0 saturated heterocycles. The van der Waals surface area contributed by atoms with Crippen molar-refractivity contribution in [1.82, 2.24) is 29.9 Å². The second kappa shape index (κ2) is 9.17. The first-order valence-electron chi connectivity index (χ1n) is 11.5. The van der Waals surface area contributed by atoms with E-state index >= 15 is 0 Å². The minimum Gasteiger partial charge on any atom is -0.338 e. The first-order chi connectivity index (χ1) is 17.2. The Morgan fingerprint density at radius 2 is 2.00 bits per heavy atom. The highest BCUT2D eigenvalue weighted by Crippen LogP contribution is 2.49. The van der Waals surface area contributed by atoms with E-state index in [-0.39, 0.29) is 23.3 Å². The molecule has 1 saturated carbocycles. The number of aromatic nitrogens is 6. The van der Waals surface area contributed by atoms with Gasteiger partial charge in [0, 0.05) is 30.8 Å². The topological polar surface area (TPSA) is 121 Å². The van der Waals surface area contributed by atoms with Crippen LogP contribution in [0.1, 0.15) is 50.5 Å². The molecule has 0 radical (unpaired) electrons. The third-order valence-electron chi connectivity index (χ3n) is 5.89. The molecule has 1 aliphatic carbocycles. The number of fused-ring (bicyclic) bond motifs is 1. The smallest absolute Gasteiger partial charge is 0.338 e. The number of halogens is 3. The lowest BCUT2D eigenvalue weighted by Crippen LogP contribution is -2.09. The molecule has 2 unspecified atom stereocenters. The van der Waals surface area contributed by atoms with Crippen LogP contribution in [-0.2, 0) is 11.0 Å². The molecule has 1 fully saturated rings. The Hall–Kier alpha value is -4.09. The fourth-order valence-corrected chi connectivity index (χ4v) is 4.18. The Bertz CT molecular complexity index is 1430. The van der Waals surface area contributed by atoms with E-state index in [0.29, 0.717) is 34.4 Å². The highest BCUT2D eigenvalue weighted by atomic mass is 19.4. The number of hydrogen-bond donors (Lipinski definition) is 3. The molecule has 36 heavy (non-hydrogen) atoms. The third-order valence-corrected chi connectivity index (χ3v) is 5.89. The van der Waals surface area contributed by atoms with Gasteiger partial charge in [0.15, 0.2) is 22.8 Å². The highest BCUT2D eigenvalue weighted by molar-refractivity contribution is 5.89. The van der Waals surface area contributed by atoms with Crippen molar-refractivity contribution in [2.45, 2.75) is 45.2 Å². The van der Waals surface area contributed by atoms with E-state index in [1.807, 2.05) is 0 Å². The van der Waals surface area contributed by atoms with Crippen molar-refractivity contribution in [2.75, 3.05) is 10.6 Å². The number of pyridine rings is 2. The fourth-order valence-electron chi connectivity index (χ4n) is 4.18. The lowest BCUT2D eigenvalue weighted by atomic mass is 10.2. The molecule has 5 rings (SSSR count). The van der Waals surface area contributed by atoms with Gasteiger partial charge in [-0.25, -0.2) is 24.9 Å². The minimum atomic E-state index is -4.60. The Morgan fingerprint density at radius 1 is 1.17 bits per heavy atom. The van der Waals surface area contributed by atoms with Gasteiger partial charge in [0.2, 0.25) is 5.91 Å². The average molecular weight is 496 g/mol. The normalized spacial score (nSPS) is 17.2. The van der Waals surface area contributed by atoms with Crippen molar-refractivity contribution in [3.05, 3.63) is 48.0 Å². The summed E-state index contributed by atoms with van der Waals surface area (Å²) >= 11 is 0. The van der Waals surface area contributed by atoms with Crippen LogP contribution in [-0.4, -0.2) is 35.8 Å². The van der Waals surface area contributed by atoms with E-state index in [1.165, 1.54) is 25.3 Å². The van der Waals surface area contributed by atoms with Gasteiger partial charge < -0.3 is 15.6 Å². The lowest BCUT2D eigenvalue weighted by molar-refractivity contribution is -0.141. The fraction of sp³-hybridized carbons (Fsp3) is 0.333. The Labute approximate surface area is 204 Å². The van der Waals surface area contributed by atoms with Gasteiger partial charge >= 0.3 is 6.18 Å². The van der Waals surface area contributed by atoms with Crippen molar-refractivity contribution >= 4 is 34.4 Å². The second-order valence-electron chi connectivity index (χ2n) is 8.75. The van der Waals surface area contributed by atoms with Gasteiger partial charge in [0.1, 0.15) is 23.0 Å². The number of amides is 1. The molecular formula is C24H23F3N8O. The van der Waals surface area contributed by atoms with Crippen LogP contribution < -0.4 is 10.6 Å². The molecule has 9 nitrogen and oxygen atoms in total. The zero-order chi connectivity index (χ0) is 25.4. The summed E-state index contributed by atoms with van der Waals surface area (Å²) in [6, 6.07) is 6.89. The van der Waals surface area contributed by atoms with E-state index < -0.39 is 11.9 Å². The summed E-state index contributed by atoms with van der Waals surface area (Å²) in [5, 5.41) is 5.76. The highest BCUT2D eigenvalue weighted by Gasteiger charge is 2.40. The SMILES string of the molecule is CCCC1CC1c1nc2c(Nc3ccnc(NC(C)=O)c3)nc(-c3cccc(C(F)(F)F)n3)nc2[nH]1. The molecule has 12 heteroatoms. The number of aromatic amines is 1. The molecular weight excluding hydrogens is 473 g/mol. The average Bonchev–Trinajstić information content (AvgIpc) is 3.45. The number of anilines is 3. The van der Waals surface area contributed by atoms with Crippen molar-refractivity contribution in [2.24, 2.45) is 5.92 Å². The maximum atomic E-state index is 13.3. The van der Waals surface area contributed by atoms with Gasteiger partial charge in [0.25, 0.3) is 0 Å². The van der Waals surface area contributed by atoms with Crippen molar-refractivity contribution in [1.29, 1.82) is 0 Å². The number of rotatable bonds is 7. The molecule has 1 aliphatic rings. The molecule has 0 aliphatic heterocycles. The Balaban J connectivity index is 1.58. The summed E-state index contributed by atoms with van der Waals surface area (Å²) in [5.74, 6) is 1.99. The van der Waals surface area contributed by atoms with Crippen LogP contribution in [0.3, 0.4) is 0 Å². The first kappa shape index (κ1) is 23.6. The number of hydrogen-bond acceptors (Lipinski definition) is 7. The van der Waals surface area contributed by atoms with Gasteiger partial charge in [-0.2, -0.15) is 13.2 Å². The summed E-state index contributed by atoms with van der Waals surface area (Å²) in [6.45, 7) is 3.51. The number of carbonyl (C=O) groups excluding carboxylic acids is 1. The van der Waals surface area contributed by atoms with Crippen LogP contribution in [0.15, 0.2) is 36.5 Å². The maximum Gasteiger partial charge on any atom is 0.433 e. The van der Waals surface area contributed by atoms with Crippen molar-refractivity contribution < 1.29 is 18.0 Å². The minimum absolute atomic E-state index is 0.0170. The second-order valence-corrected chi connectivity index (χ2v) is 8.75. The number of nitrogens with one attached hydrogen (secondary N) is 3. The monoisotopic (exact) mass is 496 g/mol. The molecule has 4 aromatic rings. The number of nitrogens with zero attached hydrogens (tertiary/aromatic N) is 5. The van der Waals surface area contributed by atoms with Crippen LogP contribution >= 0.6 is 0 Å². The number of alkyl halides is 3. The lowest BCUT2D eigenvalue weighted by Gasteiger charge is -2.10. The van der Waals surface area contributed by atoms with E-state index in [4.69, 9.17) is 4.98 Å². The van der Waals surface area contributed by atoms with E-state index in [0.717, 1.165) is 31.2 Å². The van der Waals surface area contributed by atoms with Gasteiger partial charge in [-0.3, -0.25) is 4.79 Å². The molecule has 0 bridgehead atoms. The molecule has 0 spiro atoms. The van der Waals surface area contributed by atoms with Crippen LogP contribution in [0.5, 0.6) is 0 Å². The van der Waals surface area contributed by atoms with Gasteiger partial charge in [-0.15, -0.1) is 0 Å². The molecule has 1 amide bonds. The van der Waals surface area contributed by atoms with E-state index in [9.17, 15) is 18.0 Å². The molecule has 4 heterocycles. The molecule has 3 N–H and O–H groups in total. The summed E-state index contributed by atoms with van der Waals surface area (Å²) < 4.78 is 39.8. The van der Waals surface area contributed by atoms with Gasteiger partial charge in [0.05, 0.1) is 0 Å². The summed E-state index contributed by atoms with van der Waals surface area (Å²) in [7, 11) is 0. The van der Waals surface area contributed by atoms with Crippen LogP contribution in [0.25, 0.3) is 22.7 Å². The molecule has 186 valence electrons. The standard InChI is InChI=1S/C24H23F3N8O/c1-3-5-13-10-15(13)20-32-19-22(30-14-8-9-28-18(11-14)29-12(2)36)34-21(35-23(19)33-20)16-6-4-7-17(31-16)24(25,26)27/h4,6-9,11,13,15H,3,5,10H2,1-2H3,(H3,28,29,30,32,33,34,35,36). The van der Waals surface area contributed by atoms with Crippen molar-refractivity contribution in [3.63, 3.8) is 0 Å².